The largest absolute Gasteiger partial charge is 0.486 e. The minimum atomic E-state index is -0.175. The Kier molecular flexibility index (Phi) is 5.80. The second-order valence-electron chi connectivity index (χ2n) is 5.50. The van der Waals surface area contributed by atoms with Crippen LogP contribution in [0.5, 0.6) is 5.75 Å². The van der Waals surface area contributed by atoms with Crippen LogP contribution in [-0.4, -0.2) is 26.1 Å². The smallest absolute Gasteiger partial charge is 0.251 e. The van der Waals surface area contributed by atoms with Crippen LogP contribution in [0.15, 0.2) is 48.5 Å². The van der Waals surface area contributed by atoms with E-state index in [1.807, 2.05) is 25.1 Å². The van der Waals surface area contributed by atoms with Crippen molar-refractivity contribution in [2.75, 3.05) is 0 Å². The summed E-state index contributed by atoms with van der Waals surface area (Å²) >= 11 is 6.09. The average Bonchev–Trinajstić information content (AvgIpc) is 3.13. The lowest BCUT2D eigenvalue weighted by atomic mass is 10.2. The van der Waals surface area contributed by atoms with Gasteiger partial charge in [-0.3, -0.25) is 4.79 Å². The summed E-state index contributed by atoms with van der Waals surface area (Å²) in [6, 6.07) is 14.3. The van der Waals surface area contributed by atoms with Gasteiger partial charge in [0.05, 0.1) is 0 Å². The SMILES string of the molecule is CCn1nnnc1COc1ccc(C(=O)NCc2ccccc2Cl)cc1. The fourth-order valence-corrected chi connectivity index (χ4v) is 2.54. The van der Waals surface area contributed by atoms with Crippen molar-refractivity contribution in [1.82, 2.24) is 25.5 Å². The molecule has 8 heteroatoms. The van der Waals surface area contributed by atoms with E-state index in [0.717, 1.165) is 5.56 Å². The zero-order valence-electron chi connectivity index (χ0n) is 14.2. The van der Waals surface area contributed by atoms with E-state index in [1.165, 1.54) is 0 Å². The number of tetrazole rings is 1. The molecular formula is C18H18ClN5O2. The number of aromatic nitrogens is 4. The van der Waals surface area contributed by atoms with Crippen LogP contribution >= 0.6 is 11.6 Å². The number of nitrogens with one attached hydrogen (secondary N) is 1. The molecule has 0 bridgehead atoms. The van der Waals surface area contributed by atoms with Crippen LogP contribution in [0.1, 0.15) is 28.7 Å². The van der Waals surface area contributed by atoms with E-state index < -0.39 is 0 Å². The Bertz CT molecular complexity index is 879. The first-order chi connectivity index (χ1) is 12.7. The number of aryl methyl sites for hydroxylation is 1. The minimum absolute atomic E-state index is 0.175. The normalized spacial score (nSPS) is 10.5. The number of hydrogen-bond donors (Lipinski definition) is 1. The van der Waals surface area contributed by atoms with Crippen molar-refractivity contribution in [1.29, 1.82) is 0 Å². The van der Waals surface area contributed by atoms with Gasteiger partial charge in [0.2, 0.25) is 0 Å². The van der Waals surface area contributed by atoms with E-state index in [9.17, 15) is 4.79 Å². The van der Waals surface area contributed by atoms with E-state index in [2.05, 4.69) is 20.8 Å². The van der Waals surface area contributed by atoms with Gasteiger partial charge in [0.1, 0.15) is 12.4 Å². The number of amides is 1. The maximum atomic E-state index is 12.2. The van der Waals surface area contributed by atoms with Crippen molar-refractivity contribution in [3.8, 4) is 5.75 Å². The molecule has 0 aliphatic rings. The van der Waals surface area contributed by atoms with Gasteiger partial charge in [-0.2, -0.15) is 0 Å². The van der Waals surface area contributed by atoms with Gasteiger partial charge in [-0.25, -0.2) is 4.68 Å². The van der Waals surface area contributed by atoms with Crippen LogP contribution in [0, 0.1) is 0 Å². The zero-order chi connectivity index (χ0) is 18.4. The van der Waals surface area contributed by atoms with Gasteiger partial charge < -0.3 is 10.1 Å². The topological polar surface area (TPSA) is 81.9 Å². The summed E-state index contributed by atoms with van der Waals surface area (Å²) in [7, 11) is 0. The number of benzene rings is 2. The molecule has 0 aliphatic heterocycles. The predicted molar refractivity (Wildman–Crippen MR) is 96.9 cm³/mol. The van der Waals surface area contributed by atoms with Crippen LogP contribution < -0.4 is 10.1 Å². The van der Waals surface area contributed by atoms with Crippen LogP contribution in [0.4, 0.5) is 0 Å². The lowest BCUT2D eigenvalue weighted by molar-refractivity contribution is 0.0951. The summed E-state index contributed by atoms with van der Waals surface area (Å²) in [6.07, 6.45) is 0. The molecule has 0 saturated heterocycles. The van der Waals surface area contributed by atoms with E-state index >= 15 is 0 Å². The quantitative estimate of drug-likeness (QED) is 0.690. The Morgan fingerprint density at radius 3 is 2.69 bits per heavy atom. The monoisotopic (exact) mass is 371 g/mol. The minimum Gasteiger partial charge on any atom is -0.486 e. The number of rotatable bonds is 7. The molecule has 1 heterocycles. The fourth-order valence-electron chi connectivity index (χ4n) is 2.34. The average molecular weight is 372 g/mol. The predicted octanol–water partition coefficient (Wildman–Crippen LogP) is 2.86. The van der Waals surface area contributed by atoms with Crippen LogP contribution in [0.2, 0.25) is 5.02 Å². The summed E-state index contributed by atoms with van der Waals surface area (Å²) in [5.74, 6) is 1.11. The standard InChI is InChI=1S/C18H18ClN5O2/c1-2-24-17(21-22-23-24)12-26-15-9-7-13(8-10-15)18(25)20-11-14-5-3-4-6-16(14)19/h3-10H,2,11-12H2,1H3,(H,20,25). The maximum absolute atomic E-state index is 12.2. The molecule has 3 aromatic rings. The van der Waals surface area contributed by atoms with Gasteiger partial charge in [0.15, 0.2) is 5.82 Å². The maximum Gasteiger partial charge on any atom is 0.251 e. The third kappa shape index (κ3) is 4.37. The second-order valence-corrected chi connectivity index (χ2v) is 5.91. The number of halogens is 1. The molecule has 134 valence electrons. The van der Waals surface area contributed by atoms with E-state index in [4.69, 9.17) is 16.3 Å². The molecule has 7 nitrogen and oxygen atoms in total. The molecule has 1 N–H and O–H groups in total. The molecule has 26 heavy (non-hydrogen) atoms. The summed E-state index contributed by atoms with van der Waals surface area (Å²) in [5, 5.41) is 14.9. The molecule has 0 aliphatic carbocycles. The summed E-state index contributed by atoms with van der Waals surface area (Å²) in [6.45, 7) is 3.27. The lowest BCUT2D eigenvalue weighted by Crippen LogP contribution is -2.22. The molecule has 3 rings (SSSR count). The number of carbonyl (C=O) groups excluding carboxylic acids is 1. The molecular weight excluding hydrogens is 354 g/mol. The fraction of sp³-hybridized carbons (Fsp3) is 0.222. The van der Waals surface area contributed by atoms with Crippen LogP contribution in [-0.2, 0) is 19.7 Å². The highest BCUT2D eigenvalue weighted by atomic mass is 35.5. The molecule has 2 aromatic carbocycles. The molecule has 0 atom stereocenters. The molecule has 1 amide bonds. The van der Waals surface area contributed by atoms with Gasteiger partial charge in [0, 0.05) is 23.7 Å². The lowest BCUT2D eigenvalue weighted by Gasteiger charge is -2.08. The highest BCUT2D eigenvalue weighted by Crippen LogP contribution is 2.16. The van der Waals surface area contributed by atoms with E-state index in [-0.39, 0.29) is 12.5 Å². The van der Waals surface area contributed by atoms with Crippen molar-refractivity contribution < 1.29 is 9.53 Å². The molecule has 0 radical (unpaired) electrons. The highest BCUT2D eigenvalue weighted by Gasteiger charge is 2.08. The number of ether oxygens (including phenoxy) is 1. The highest BCUT2D eigenvalue weighted by molar-refractivity contribution is 6.31. The van der Waals surface area contributed by atoms with Crippen molar-refractivity contribution in [2.45, 2.75) is 26.6 Å². The number of nitrogens with zero attached hydrogens (tertiary/aromatic N) is 4. The molecule has 0 spiro atoms. The summed E-state index contributed by atoms with van der Waals surface area (Å²) in [5.41, 5.74) is 1.42. The van der Waals surface area contributed by atoms with E-state index in [0.29, 0.717) is 35.2 Å². The van der Waals surface area contributed by atoms with Crippen molar-refractivity contribution in [3.63, 3.8) is 0 Å². The van der Waals surface area contributed by atoms with Gasteiger partial charge in [-0.05, 0) is 53.2 Å². The molecule has 0 saturated carbocycles. The third-order valence-corrected chi connectivity index (χ3v) is 4.16. The first-order valence-corrected chi connectivity index (χ1v) is 8.54. The summed E-state index contributed by atoms with van der Waals surface area (Å²) < 4.78 is 7.32. The molecule has 0 fully saturated rings. The van der Waals surface area contributed by atoms with Crippen molar-refractivity contribution >= 4 is 17.5 Å². The van der Waals surface area contributed by atoms with Gasteiger partial charge in [-0.1, -0.05) is 29.8 Å². The third-order valence-electron chi connectivity index (χ3n) is 3.79. The Morgan fingerprint density at radius 1 is 1.19 bits per heavy atom. The van der Waals surface area contributed by atoms with Crippen LogP contribution in [0.25, 0.3) is 0 Å². The van der Waals surface area contributed by atoms with Gasteiger partial charge in [0.25, 0.3) is 5.91 Å². The Balaban J connectivity index is 1.55. The molecule has 0 unspecified atom stereocenters. The zero-order valence-corrected chi connectivity index (χ0v) is 15.0. The molecule has 1 aromatic heterocycles. The van der Waals surface area contributed by atoms with Gasteiger partial charge in [-0.15, -0.1) is 5.10 Å². The second kappa shape index (κ2) is 8.44. The summed E-state index contributed by atoms with van der Waals surface area (Å²) in [4.78, 5) is 12.2. The number of carbonyl (C=O) groups is 1. The van der Waals surface area contributed by atoms with Crippen LogP contribution in [0.3, 0.4) is 0 Å². The first kappa shape index (κ1) is 17.9. The van der Waals surface area contributed by atoms with E-state index in [1.54, 1.807) is 35.0 Å². The van der Waals surface area contributed by atoms with Gasteiger partial charge >= 0.3 is 0 Å². The van der Waals surface area contributed by atoms with Crippen molar-refractivity contribution in [3.05, 3.63) is 70.5 Å². The Morgan fingerprint density at radius 2 is 1.96 bits per heavy atom. The Labute approximate surface area is 155 Å². The Hall–Kier alpha value is -2.93. The number of hydrogen-bond acceptors (Lipinski definition) is 5. The van der Waals surface area contributed by atoms with Crippen molar-refractivity contribution in [2.24, 2.45) is 0 Å². The first-order valence-electron chi connectivity index (χ1n) is 8.17.